The van der Waals surface area contributed by atoms with E-state index in [4.69, 9.17) is 4.42 Å². The minimum atomic E-state index is -3.72. The van der Waals surface area contributed by atoms with Crippen LogP contribution in [0, 0.1) is 0 Å². The van der Waals surface area contributed by atoms with Gasteiger partial charge in [0.15, 0.2) is 0 Å². The molecule has 0 aliphatic carbocycles. The highest BCUT2D eigenvalue weighted by molar-refractivity contribution is 7.89. The lowest BCUT2D eigenvalue weighted by molar-refractivity contribution is -0.122. The van der Waals surface area contributed by atoms with Gasteiger partial charge >= 0.3 is 0 Å². The van der Waals surface area contributed by atoms with Gasteiger partial charge in [0.05, 0.1) is 37.5 Å². The molecule has 1 unspecified atom stereocenters. The van der Waals surface area contributed by atoms with E-state index in [9.17, 15) is 13.2 Å². The molecule has 1 N–H and O–H groups in total. The molecule has 28 heavy (non-hydrogen) atoms. The van der Waals surface area contributed by atoms with Crippen LogP contribution in [0.15, 0.2) is 64.5 Å². The number of amides is 1. The minimum absolute atomic E-state index is 0.106. The quantitative estimate of drug-likeness (QED) is 0.667. The molecule has 1 atom stereocenters. The summed E-state index contributed by atoms with van der Waals surface area (Å²) in [7, 11) is -3.72. The van der Waals surface area contributed by atoms with Crippen molar-refractivity contribution in [3.05, 3.63) is 66.6 Å². The summed E-state index contributed by atoms with van der Waals surface area (Å²) in [6.45, 7) is 0.629. The van der Waals surface area contributed by atoms with Crippen LogP contribution in [0.2, 0.25) is 0 Å². The summed E-state index contributed by atoms with van der Waals surface area (Å²) >= 11 is 0. The van der Waals surface area contributed by atoms with Gasteiger partial charge in [-0.2, -0.15) is 9.40 Å². The van der Waals surface area contributed by atoms with Crippen LogP contribution in [0.25, 0.3) is 0 Å². The number of aromatic nitrogens is 3. The minimum Gasteiger partial charge on any atom is -0.467 e. The van der Waals surface area contributed by atoms with Crippen molar-refractivity contribution in [2.24, 2.45) is 0 Å². The molecular weight excluding hydrogens is 382 g/mol. The van der Waals surface area contributed by atoms with E-state index in [1.807, 2.05) is 0 Å². The molecule has 0 saturated carbocycles. The van der Waals surface area contributed by atoms with Crippen molar-refractivity contribution in [2.75, 3.05) is 6.54 Å². The molecule has 1 amide bonds. The third kappa shape index (κ3) is 3.69. The van der Waals surface area contributed by atoms with Crippen LogP contribution in [-0.2, 0) is 27.9 Å². The number of hydrogen-bond donors (Lipinski definition) is 1. The molecule has 0 aromatic carbocycles. The number of fused-ring (bicyclic) bond motifs is 1. The second-order valence-electron chi connectivity index (χ2n) is 6.47. The lowest BCUT2D eigenvalue weighted by Crippen LogP contribution is -2.42. The van der Waals surface area contributed by atoms with Crippen molar-refractivity contribution in [2.45, 2.75) is 30.4 Å². The van der Waals surface area contributed by atoms with Crippen molar-refractivity contribution in [1.29, 1.82) is 0 Å². The maximum absolute atomic E-state index is 13.0. The summed E-state index contributed by atoms with van der Waals surface area (Å²) in [6, 6.07) is 7.98. The zero-order valence-corrected chi connectivity index (χ0v) is 15.7. The number of rotatable bonds is 6. The molecule has 1 aliphatic rings. The lowest BCUT2D eigenvalue weighted by Gasteiger charge is -2.32. The predicted molar refractivity (Wildman–Crippen MR) is 98.3 cm³/mol. The van der Waals surface area contributed by atoms with E-state index in [0.717, 1.165) is 5.69 Å². The highest BCUT2D eigenvalue weighted by Gasteiger charge is 2.34. The number of sulfonamides is 1. The molecule has 10 heteroatoms. The van der Waals surface area contributed by atoms with Gasteiger partial charge in [-0.05, 0) is 30.3 Å². The Morgan fingerprint density at radius 2 is 2.14 bits per heavy atom. The third-order valence-electron chi connectivity index (χ3n) is 4.58. The molecule has 4 rings (SSSR count). The summed E-state index contributed by atoms with van der Waals surface area (Å²) in [5, 5.41) is 7.06. The molecule has 0 bridgehead atoms. The van der Waals surface area contributed by atoms with E-state index in [0.29, 0.717) is 5.76 Å². The molecule has 0 saturated heterocycles. The number of furan rings is 1. The Balaban J connectivity index is 1.50. The number of carbonyl (C=O) groups excluding carboxylic acids is 1. The van der Waals surface area contributed by atoms with E-state index >= 15 is 0 Å². The maximum atomic E-state index is 13.0. The lowest BCUT2D eigenvalue weighted by atomic mass is 10.1. The van der Waals surface area contributed by atoms with Crippen LogP contribution < -0.4 is 5.32 Å². The Morgan fingerprint density at radius 1 is 1.25 bits per heavy atom. The Hall–Kier alpha value is -2.98. The van der Waals surface area contributed by atoms with Crippen molar-refractivity contribution in [3.63, 3.8) is 0 Å². The Bertz CT molecular complexity index is 1050. The van der Waals surface area contributed by atoms with E-state index in [2.05, 4.69) is 15.4 Å². The standard InChI is InChI=1S/C18H19N5O4S/c24-18(20-10-16-3-2-8-27-16)9-15-13-22(12-14-5-7-21-23(14)15)28(25,26)17-4-1-6-19-11-17/h1-8,11,15H,9-10,12-13H2,(H,20,24). The molecule has 4 heterocycles. The highest BCUT2D eigenvalue weighted by atomic mass is 32.2. The number of hydrogen-bond acceptors (Lipinski definition) is 6. The second kappa shape index (κ2) is 7.56. The first kappa shape index (κ1) is 18.4. The Kier molecular flexibility index (Phi) is 4.97. The molecule has 1 aliphatic heterocycles. The number of nitrogens with zero attached hydrogens (tertiary/aromatic N) is 4. The summed E-state index contributed by atoms with van der Waals surface area (Å²) < 4.78 is 34.2. The zero-order chi connectivity index (χ0) is 19.6. The first-order valence-corrected chi connectivity index (χ1v) is 10.2. The summed E-state index contributed by atoms with van der Waals surface area (Å²) in [5.74, 6) is 0.445. The highest BCUT2D eigenvalue weighted by Crippen LogP contribution is 2.27. The van der Waals surface area contributed by atoms with E-state index in [-0.39, 0.29) is 36.9 Å². The number of nitrogens with one attached hydrogen (secondary N) is 1. The molecule has 9 nitrogen and oxygen atoms in total. The van der Waals surface area contributed by atoms with Gasteiger partial charge < -0.3 is 9.73 Å². The van der Waals surface area contributed by atoms with Crippen LogP contribution in [0.4, 0.5) is 0 Å². The molecule has 0 radical (unpaired) electrons. The predicted octanol–water partition coefficient (Wildman–Crippen LogP) is 1.32. The monoisotopic (exact) mass is 401 g/mol. The van der Waals surface area contributed by atoms with Gasteiger partial charge in [0.1, 0.15) is 10.7 Å². The number of pyridine rings is 1. The van der Waals surface area contributed by atoms with Crippen molar-refractivity contribution in [3.8, 4) is 0 Å². The maximum Gasteiger partial charge on any atom is 0.245 e. The average molecular weight is 401 g/mol. The van der Waals surface area contributed by atoms with Crippen LogP contribution in [-0.4, -0.2) is 39.9 Å². The van der Waals surface area contributed by atoms with E-state index < -0.39 is 16.1 Å². The fourth-order valence-electron chi connectivity index (χ4n) is 3.22. The first-order chi connectivity index (χ1) is 13.5. The van der Waals surface area contributed by atoms with Gasteiger partial charge in [-0.1, -0.05) is 0 Å². The topological polar surface area (TPSA) is 110 Å². The van der Waals surface area contributed by atoms with Crippen LogP contribution in [0.5, 0.6) is 0 Å². The normalized spacial score (nSPS) is 17.2. The molecular formula is C18H19N5O4S. The van der Waals surface area contributed by atoms with Crippen molar-refractivity contribution in [1.82, 2.24) is 24.4 Å². The summed E-state index contributed by atoms with van der Waals surface area (Å²) in [6.07, 6.45) is 6.11. The number of carbonyl (C=O) groups is 1. The van der Waals surface area contributed by atoms with Gasteiger partial charge in [-0.25, -0.2) is 8.42 Å². The van der Waals surface area contributed by atoms with Gasteiger partial charge in [0.25, 0.3) is 0 Å². The van der Waals surface area contributed by atoms with Crippen molar-refractivity contribution < 1.29 is 17.6 Å². The molecule has 3 aromatic heterocycles. The average Bonchev–Trinajstić information content (AvgIpc) is 3.39. The SMILES string of the molecule is O=C(CC1CN(S(=O)(=O)c2cccnc2)Cc2ccnn21)NCc1ccco1. The van der Waals surface area contributed by atoms with E-state index in [1.165, 1.54) is 22.8 Å². The smallest absolute Gasteiger partial charge is 0.245 e. The summed E-state index contributed by atoms with van der Waals surface area (Å²) in [5.41, 5.74) is 0.738. The molecule has 3 aromatic rings. The van der Waals surface area contributed by atoms with E-state index in [1.54, 1.807) is 41.4 Å². The van der Waals surface area contributed by atoms with Gasteiger partial charge in [0.2, 0.25) is 15.9 Å². The summed E-state index contributed by atoms with van der Waals surface area (Å²) in [4.78, 5) is 16.4. The first-order valence-electron chi connectivity index (χ1n) is 8.75. The van der Waals surface area contributed by atoms with Crippen molar-refractivity contribution >= 4 is 15.9 Å². The molecule has 0 fully saturated rings. The Labute approximate surface area is 162 Å². The fourth-order valence-corrected chi connectivity index (χ4v) is 4.63. The van der Waals surface area contributed by atoms with Gasteiger partial charge in [-0.3, -0.25) is 14.5 Å². The van der Waals surface area contributed by atoms with Gasteiger partial charge in [-0.15, -0.1) is 0 Å². The second-order valence-corrected chi connectivity index (χ2v) is 8.41. The Morgan fingerprint density at radius 3 is 2.89 bits per heavy atom. The van der Waals surface area contributed by atoms with Crippen LogP contribution in [0.3, 0.4) is 0 Å². The fraction of sp³-hybridized carbons (Fsp3) is 0.278. The molecule has 0 spiro atoms. The third-order valence-corrected chi connectivity index (χ3v) is 6.38. The molecule has 146 valence electrons. The van der Waals surface area contributed by atoms with Crippen LogP contribution >= 0.6 is 0 Å². The largest absolute Gasteiger partial charge is 0.467 e. The van der Waals surface area contributed by atoms with Crippen LogP contribution in [0.1, 0.15) is 23.9 Å². The zero-order valence-electron chi connectivity index (χ0n) is 14.9. The van der Waals surface area contributed by atoms with Gasteiger partial charge in [0, 0.05) is 25.1 Å².